The molecule has 13 heavy (non-hydrogen) atoms. The van der Waals surface area contributed by atoms with E-state index in [9.17, 15) is 0 Å². The quantitative estimate of drug-likeness (QED) is 0.639. The standard InChI is InChI=1S/C12H25N/c1-4-5-10(2)6-9-12(13-3)11-7-8-11/h10-13H,4-9H2,1-3H3. The summed E-state index contributed by atoms with van der Waals surface area (Å²) in [4.78, 5) is 0. The average Bonchev–Trinajstić information content (AvgIpc) is 2.90. The summed E-state index contributed by atoms with van der Waals surface area (Å²) in [7, 11) is 2.12. The predicted octanol–water partition coefficient (Wildman–Crippen LogP) is 3.20. The highest BCUT2D eigenvalue weighted by atomic mass is 14.9. The van der Waals surface area contributed by atoms with E-state index in [4.69, 9.17) is 0 Å². The second kappa shape index (κ2) is 5.64. The van der Waals surface area contributed by atoms with Gasteiger partial charge in [0.25, 0.3) is 0 Å². The zero-order valence-electron chi connectivity index (χ0n) is 9.47. The zero-order valence-corrected chi connectivity index (χ0v) is 9.47. The third-order valence-corrected chi connectivity index (χ3v) is 3.31. The smallest absolute Gasteiger partial charge is 0.00924 e. The maximum absolute atomic E-state index is 3.46. The van der Waals surface area contributed by atoms with Gasteiger partial charge in [0.1, 0.15) is 0 Å². The lowest BCUT2D eigenvalue weighted by Crippen LogP contribution is -2.27. The van der Waals surface area contributed by atoms with E-state index >= 15 is 0 Å². The van der Waals surface area contributed by atoms with Crippen molar-refractivity contribution in [3.05, 3.63) is 0 Å². The van der Waals surface area contributed by atoms with Crippen LogP contribution in [0.25, 0.3) is 0 Å². The van der Waals surface area contributed by atoms with E-state index in [2.05, 4.69) is 26.2 Å². The highest BCUT2D eigenvalue weighted by Gasteiger charge is 2.29. The largest absolute Gasteiger partial charge is 0.317 e. The molecule has 1 fully saturated rings. The zero-order chi connectivity index (χ0) is 9.68. The SMILES string of the molecule is CCCC(C)CCC(NC)C1CC1. The molecule has 0 heterocycles. The third-order valence-electron chi connectivity index (χ3n) is 3.31. The molecule has 1 aliphatic carbocycles. The fourth-order valence-electron chi connectivity index (χ4n) is 2.22. The van der Waals surface area contributed by atoms with Gasteiger partial charge in [-0.05, 0) is 44.6 Å². The molecule has 0 aromatic heterocycles. The van der Waals surface area contributed by atoms with Gasteiger partial charge in [0, 0.05) is 6.04 Å². The summed E-state index contributed by atoms with van der Waals surface area (Å²) < 4.78 is 0. The molecule has 0 amide bonds. The molecule has 78 valence electrons. The maximum Gasteiger partial charge on any atom is 0.00924 e. The lowest BCUT2D eigenvalue weighted by Gasteiger charge is -2.17. The summed E-state index contributed by atoms with van der Waals surface area (Å²) in [6.45, 7) is 4.68. The van der Waals surface area contributed by atoms with Crippen LogP contribution in [0.4, 0.5) is 0 Å². The lowest BCUT2D eigenvalue weighted by atomic mass is 9.96. The van der Waals surface area contributed by atoms with Crippen LogP contribution in [0.2, 0.25) is 0 Å². The van der Waals surface area contributed by atoms with Gasteiger partial charge in [0.15, 0.2) is 0 Å². The van der Waals surface area contributed by atoms with Crippen molar-refractivity contribution in [2.24, 2.45) is 11.8 Å². The molecule has 0 saturated heterocycles. The van der Waals surface area contributed by atoms with E-state index in [1.54, 1.807) is 0 Å². The molecule has 1 N–H and O–H groups in total. The minimum absolute atomic E-state index is 0.819. The van der Waals surface area contributed by atoms with E-state index < -0.39 is 0 Å². The molecule has 0 radical (unpaired) electrons. The van der Waals surface area contributed by atoms with E-state index in [0.717, 1.165) is 17.9 Å². The van der Waals surface area contributed by atoms with Crippen molar-refractivity contribution < 1.29 is 0 Å². The van der Waals surface area contributed by atoms with Gasteiger partial charge in [-0.25, -0.2) is 0 Å². The van der Waals surface area contributed by atoms with Gasteiger partial charge in [-0.1, -0.05) is 26.7 Å². The summed E-state index contributed by atoms with van der Waals surface area (Å²) in [6.07, 6.45) is 8.48. The van der Waals surface area contributed by atoms with E-state index in [-0.39, 0.29) is 0 Å². The monoisotopic (exact) mass is 183 g/mol. The molecular formula is C12H25N. The number of rotatable bonds is 7. The number of nitrogens with one attached hydrogen (secondary N) is 1. The van der Waals surface area contributed by atoms with Crippen LogP contribution in [0.1, 0.15) is 52.4 Å². The van der Waals surface area contributed by atoms with Crippen molar-refractivity contribution in [1.82, 2.24) is 5.32 Å². The normalized spacial score (nSPS) is 21.5. The van der Waals surface area contributed by atoms with Gasteiger partial charge in [-0.15, -0.1) is 0 Å². The molecule has 1 rings (SSSR count). The lowest BCUT2D eigenvalue weighted by molar-refractivity contribution is 0.391. The van der Waals surface area contributed by atoms with Crippen molar-refractivity contribution in [3.8, 4) is 0 Å². The Balaban J connectivity index is 2.07. The van der Waals surface area contributed by atoms with Crippen LogP contribution in [0, 0.1) is 11.8 Å². The van der Waals surface area contributed by atoms with Gasteiger partial charge in [-0.3, -0.25) is 0 Å². The topological polar surface area (TPSA) is 12.0 Å². The van der Waals surface area contributed by atoms with E-state index in [1.807, 2.05) is 0 Å². The molecule has 0 aromatic carbocycles. The van der Waals surface area contributed by atoms with Crippen LogP contribution in [0.3, 0.4) is 0 Å². The Labute approximate surface area is 83.3 Å². The van der Waals surface area contributed by atoms with Crippen LogP contribution in [0.15, 0.2) is 0 Å². The van der Waals surface area contributed by atoms with Crippen LogP contribution in [-0.2, 0) is 0 Å². The molecular weight excluding hydrogens is 158 g/mol. The third kappa shape index (κ3) is 4.12. The summed E-state index contributed by atoms with van der Waals surface area (Å²) >= 11 is 0. The van der Waals surface area contributed by atoms with Crippen LogP contribution >= 0.6 is 0 Å². The molecule has 2 unspecified atom stereocenters. The fourth-order valence-corrected chi connectivity index (χ4v) is 2.22. The summed E-state index contributed by atoms with van der Waals surface area (Å²) in [5.74, 6) is 1.94. The Morgan fingerprint density at radius 3 is 2.38 bits per heavy atom. The van der Waals surface area contributed by atoms with Gasteiger partial charge >= 0.3 is 0 Å². The Morgan fingerprint density at radius 1 is 1.23 bits per heavy atom. The van der Waals surface area contributed by atoms with Crippen LogP contribution in [0.5, 0.6) is 0 Å². The van der Waals surface area contributed by atoms with Gasteiger partial charge < -0.3 is 5.32 Å². The Hall–Kier alpha value is -0.0400. The highest BCUT2D eigenvalue weighted by Crippen LogP contribution is 2.34. The molecule has 2 atom stereocenters. The van der Waals surface area contributed by atoms with Crippen LogP contribution < -0.4 is 5.32 Å². The minimum atomic E-state index is 0.819. The number of hydrogen-bond acceptors (Lipinski definition) is 1. The summed E-state index contributed by atoms with van der Waals surface area (Å²) in [5, 5.41) is 3.46. The first-order chi connectivity index (χ1) is 6.27. The molecule has 0 bridgehead atoms. The van der Waals surface area contributed by atoms with Crippen molar-refractivity contribution in [3.63, 3.8) is 0 Å². The molecule has 0 spiro atoms. The average molecular weight is 183 g/mol. The van der Waals surface area contributed by atoms with Crippen molar-refractivity contribution in [1.29, 1.82) is 0 Å². The second-order valence-electron chi connectivity index (χ2n) is 4.70. The summed E-state index contributed by atoms with van der Waals surface area (Å²) in [5.41, 5.74) is 0. The summed E-state index contributed by atoms with van der Waals surface area (Å²) in [6, 6.07) is 0.819. The molecule has 0 aliphatic heterocycles. The van der Waals surface area contributed by atoms with Crippen molar-refractivity contribution in [2.45, 2.75) is 58.4 Å². The molecule has 1 heteroatoms. The Bertz CT molecular complexity index is 129. The van der Waals surface area contributed by atoms with E-state index in [0.29, 0.717) is 0 Å². The fraction of sp³-hybridized carbons (Fsp3) is 1.00. The first kappa shape index (κ1) is 11.0. The Kier molecular flexibility index (Phi) is 4.79. The highest BCUT2D eigenvalue weighted by molar-refractivity contribution is 4.85. The number of hydrogen-bond donors (Lipinski definition) is 1. The van der Waals surface area contributed by atoms with Crippen LogP contribution in [-0.4, -0.2) is 13.1 Å². The predicted molar refractivity (Wildman–Crippen MR) is 58.9 cm³/mol. The van der Waals surface area contributed by atoms with Gasteiger partial charge in [0.05, 0.1) is 0 Å². The molecule has 1 nitrogen and oxygen atoms in total. The molecule has 0 aromatic rings. The minimum Gasteiger partial charge on any atom is -0.317 e. The van der Waals surface area contributed by atoms with E-state index in [1.165, 1.54) is 38.5 Å². The second-order valence-corrected chi connectivity index (χ2v) is 4.70. The van der Waals surface area contributed by atoms with Gasteiger partial charge in [-0.2, -0.15) is 0 Å². The van der Waals surface area contributed by atoms with Crippen molar-refractivity contribution >= 4 is 0 Å². The molecule has 1 aliphatic rings. The first-order valence-electron chi connectivity index (χ1n) is 5.95. The molecule has 1 saturated carbocycles. The first-order valence-corrected chi connectivity index (χ1v) is 5.95. The Morgan fingerprint density at radius 2 is 1.92 bits per heavy atom. The van der Waals surface area contributed by atoms with Crippen molar-refractivity contribution in [2.75, 3.05) is 7.05 Å². The van der Waals surface area contributed by atoms with Gasteiger partial charge in [0.2, 0.25) is 0 Å². The maximum atomic E-state index is 3.46.